The van der Waals surface area contributed by atoms with Crippen molar-refractivity contribution in [2.45, 2.75) is 64.5 Å². The highest BCUT2D eigenvalue weighted by Crippen LogP contribution is 2.27. The lowest BCUT2D eigenvalue weighted by atomic mass is 9.88. The highest BCUT2D eigenvalue weighted by atomic mass is 19.1. The van der Waals surface area contributed by atoms with Crippen molar-refractivity contribution in [1.82, 2.24) is 5.32 Å². The summed E-state index contributed by atoms with van der Waals surface area (Å²) in [6.07, 6.45) is 2.38. The van der Waals surface area contributed by atoms with Crippen molar-refractivity contribution >= 4 is 0 Å². The molecule has 4 heteroatoms. The van der Waals surface area contributed by atoms with Crippen LogP contribution in [0.5, 0.6) is 0 Å². The van der Waals surface area contributed by atoms with E-state index in [0.29, 0.717) is 24.3 Å². The Bertz CT molecular complexity index is 450. The lowest BCUT2D eigenvalue weighted by molar-refractivity contribution is -0.102. The van der Waals surface area contributed by atoms with Gasteiger partial charge >= 0.3 is 0 Å². The van der Waals surface area contributed by atoms with Gasteiger partial charge in [-0.2, -0.15) is 0 Å². The number of aliphatic hydroxyl groups excluding tert-OH is 1. The third-order valence-electron chi connectivity index (χ3n) is 3.49. The Labute approximate surface area is 120 Å². The van der Waals surface area contributed by atoms with Crippen LogP contribution in [0.2, 0.25) is 0 Å². The van der Waals surface area contributed by atoms with Gasteiger partial charge in [0.05, 0.1) is 18.3 Å². The molecule has 3 nitrogen and oxygen atoms in total. The first kappa shape index (κ1) is 15.4. The van der Waals surface area contributed by atoms with E-state index in [2.05, 4.69) is 26.1 Å². The Morgan fingerprint density at radius 1 is 1.35 bits per heavy atom. The molecule has 1 aromatic rings. The molecule has 2 rings (SSSR count). The van der Waals surface area contributed by atoms with E-state index >= 15 is 0 Å². The molecule has 2 N–H and O–H groups in total. The molecule has 0 radical (unpaired) electrons. The molecule has 0 amide bonds. The number of benzene rings is 1. The summed E-state index contributed by atoms with van der Waals surface area (Å²) in [4.78, 5) is 0. The average Bonchev–Trinajstić information content (AvgIpc) is 2.32. The number of hydrogen-bond acceptors (Lipinski definition) is 3. The van der Waals surface area contributed by atoms with Gasteiger partial charge in [0, 0.05) is 18.2 Å². The normalized spacial score (nSPS) is 22.6. The minimum Gasteiger partial charge on any atom is -0.392 e. The van der Waals surface area contributed by atoms with Crippen molar-refractivity contribution in [2.75, 3.05) is 0 Å². The van der Waals surface area contributed by atoms with Crippen LogP contribution in [0.3, 0.4) is 0 Å². The number of nitrogens with one attached hydrogen (secondary N) is 1. The zero-order chi connectivity index (χ0) is 14.8. The molecule has 0 unspecified atom stereocenters. The van der Waals surface area contributed by atoms with Gasteiger partial charge in [0.1, 0.15) is 5.82 Å². The van der Waals surface area contributed by atoms with Crippen LogP contribution in [0, 0.1) is 5.82 Å². The van der Waals surface area contributed by atoms with Crippen molar-refractivity contribution < 1.29 is 14.2 Å². The van der Waals surface area contributed by atoms with Gasteiger partial charge in [-0.05, 0) is 51.3 Å². The van der Waals surface area contributed by atoms with Gasteiger partial charge in [0.15, 0.2) is 0 Å². The predicted octanol–water partition coefficient (Wildman–Crippen LogP) is 2.75. The Morgan fingerprint density at radius 2 is 2.05 bits per heavy atom. The molecule has 1 fully saturated rings. The second kappa shape index (κ2) is 6.20. The van der Waals surface area contributed by atoms with Gasteiger partial charge in [0.2, 0.25) is 0 Å². The standard InChI is InChI=1S/C16H24FNO2/c1-16(2,3)20-14-7-13(8-14)18-9-11-4-5-15(17)12(6-11)10-19/h4-6,13-14,18-19H,7-10H2,1-3H3. The van der Waals surface area contributed by atoms with Crippen molar-refractivity contribution in [3.8, 4) is 0 Å². The first-order chi connectivity index (χ1) is 9.37. The van der Waals surface area contributed by atoms with Gasteiger partial charge in [-0.1, -0.05) is 6.07 Å². The Hall–Kier alpha value is -0.970. The molecule has 1 aliphatic rings. The Morgan fingerprint density at radius 3 is 2.65 bits per heavy atom. The van der Waals surface area contributed by atoms with Crippen molar-refractivity contribution in [3.05, 3.63) is 35.1 Å². The van der Waals surface area contributed by atoms with Crippen LogP contribution in [-0.4, -0.2) is 22.9 Å². The summed E-state index contributed by atoms with van der Waals surface area (Å²) in [5.41, 5.74) is 1.27. The zero-order valence-electron chi connectivity index (χ0n) is 12.4. The van der Waals surface area contributed by atoms with E-state index in [9.17, 15) is 4.39 Å². The smallest absolute Gasteiger partial charge is 0.128 e. The third kappa shape index (κ3) is 4.27. The molecule has 0 spiro atoms. The number of ether oxygens (including phenoxy) is 1. The lowest BCUT2D eigenvalue weighted by Crippen LogP contribution is -2.47. The number of halogens is 1. The largest absolute Gasteiger partial charge is 0.392 e. The lowest BCUT2D eigenvalue weighted by Gasteiger charge is -2.39. The maximum atomic E-state index is 13.3. The van der Waals surface area contributed by atoms with Gasteiger partial charge in [0.25, 0.3) is 0 Å². The number of aliphatic hydroxyl groups is 1. The fourth-order valence-corrected chi connectivity index (χ4v) is 2.45. The number of hydrogen-bond donors (Lipinski definition) is 2. The summed E-state index contributed by atoms with van der Waals surface area (Å²) in [6.45, 7) is 6.65. The molecule has 0 aromatic heterocycles. The summed E-state index contributed by atoms with van der Waals surface area (Å²) < 4.78 is 19.1. The van der Waals surface area contributed by atoms with E-state index in [1.165, 1.54) is 6.07 Å². The topological polar surface area (TPSA) is 41.5 Å². The summed E-state index contributed by atoms with van der Waals surface area (Å²) in [7, 11) is 0. The van der Waals surface area contributed by atoms with Crippen LogP contribution in [0.1, 0.15) is 44.7 Å². The third-order valence-corrected chi connectivity index (χ3v) is 3.49. The quantitative estimate of drug-likeness (QED) is 0.872. The van der Waals surface area contributed by atoms with E-state index in [4.69, 9.17) is 9.84 Å². The molecule has 20 heavy (non-hydrogen) atoms. The molecule has 0 aliphatic heterocycles. The van der Waals surface area contributed by atoms with Crippen LogP contribution < -0.4 is 5.32 Å². The molecule has 1 saturated carbocycles. The van der Waals surface area contributed by atoms with Gasteiger partial charge < -0.3 is 15.2 Å². The molecule has 112 valence electrons. The maximum Gasteiger partial charge on any atom is 0.128 e. The van der Waals surface area contributed by atoms with Crippen LogP contribution in [0.4, 0.5) is 4.39 Å². The molecule has 1 aliphatic carbocycles. The van der Waals surface area contributed by atoms with E-state index < -0.39 is 0 Å². The SMILES string of the molecule is CC(C)(C)OC1CC(NCc2ccc(F)c(CO)c2)C1. The molecule has 0 atom stereocenters. The highest BCUT2D eigenvalue weighted by molar-refractivity contribution is 5.24. The monoisotopic (exact) mass is 281 g/mol. The van der Waals surface area contributed by atoms with Crippen LogP contribution in [-0.2, 0) is 17.9 Å². The van der Waals surface area contributed by atoms with Gasteiger partial charge in [-0.25, -0.2) is 4.39 Å². The fourth-order valence-electron chi connectivity index (χ4n) is 2.45. The van der Waals surface area contributed by atoms with Crippen LogP contribution >= 0.6 is 0 Å². The first-order valence-corrected chi connectivity index (χ1v) is 7.17. The average molecular weight is 281 g/mol. The number of rotatable bonds is 5. The molecule has 1 aromatic carbocycles. The van der Waals surface area contributed by atoms with Crippen LogP contribution in [0.15, 0.2) is 18.2 Å². The van der Waals surface area contributed by atoms with Crippen molar-refractivity contribution in [3.63, 3.8) is 0 Å². The molecule has 0 heterocycles. The van der Waals surface area contributed by atoms with Gasteiger partial charge in [-0.3, -0.25) is 0 Å². The minimum absolute atomic E-state index is 0.0807. The highest BCUT2D eigenvalue weighted by Gasteiger charge is 2.32. The first-order valence-electron chi connectivity index (χ1n) is 7.17. The second-order valence-corrected chi connectivity index (χ2v) is 6.49. The van der Waals surface area contributed by atoms with Gasteiger partial charge in [-0.15, -0.1) is 0 Å². The van der Waals surface area contributed by atoms with E-state index in [1.54, 1.807) is 12.1 Å². The molecular formula is C16H24FNO2. The van der Waals surface area contributed by atoms with Crippen molar-refractivity contribution in [2.24, 2.45) is 0 Å². The molecule has 0 bridgehead atoms. The Kier molecular flexibility index (Phi) is 4.78. The summed E-state index contributed by atoms with van der Waals surface area (Å²) in [5, 5.41) is 12.5. The summed E-state index contributed by atoms with van der Waals surface area (Å²) in [6, 6.07) is 5.34. The van der Waals surface area contributed by atoms with E-state index in [0.717, 1.165) is 18.4 Å². The van der Waals surface area contributed by atoms with E-state index in [1.807, 2.05) is 0 Å². The summed E-state index contributed by atoms with van der Waals surface area (Å²) >= 11 is 0. The maximum absolute atomic E-state index is 13.3. The van der Waals surface area contributed by atoms with Crippen LogP contribution in [0.25, 0.3) is 0 Å². The Balaban J connectivity index is 1.75. The molecular weight excluding hydrogens is 257 g/mol. The zero-order valence-corrected chi connectivity index (χ0v) is 12.4. The minimum atomic E-state index is -0.349. The molecule has 0 saturated heterocycles. The predicted molar refractivity (Wildman–Crippen MR) is 76.8 cm³/mol. The van der Waals surface area contributed by atoms with E-state index in [-0.39, 0.29) is 18.0 Å². The summed E-state index contributed by atoms with van der Waals surface area (Å²) in [5.74, 6) is -0.349. The van der Waals surface area contributed by atoms with Crippen molar-refractivity contribution in [1.29, 1.82) is 0 Å². The fraction of sp³-hybridized carbons (Fsp3) is 0.625. The second-order valence-electron chi connectivity index (χ2n) is 6.49.